The topological polar surface area (TPSA) is 83.5 Å². The van der Waals surface area contributed by atoms with Crippen molar-refractivity contribution in [1.82, 2.24) is 0 Å². The number of carbonyl (C=O) groups excluding carboxylic acids is 1. The van der Waals surface area contributed by atoms with Crippen LogP contribution in [-0.4, -0.2) is 30.8 Å². The quantitative estimate of drug-likeness (QED) is 0.125. The van der Waals surface area contributed by atoms with Crippen LogP contribution in [0, 0.1) is 0 Å². The fourth-order valence-electron chi connectivity index (χ4n) is 3.35. The molecule has 0 N–H and O–H groups in total. The van der Waals surface area contributed by atoms with E-state index < -0.39 is 21.3 Å². The first-order valence-corrected chi connectivity index (χ1v) is 13.0. The van der Waals surface area contributed by atoms with E-state index in [-0.39, 0.29) is 42.6 Å². The number of hydrogen-bond donors (Lipinski definition) is 0. The van der Waals surface area contributed by atoms with Crippen LogP contribution in [-0.2, 0) is 19.6 Å². The van der Waals surface area contributed by atoms with Gasteiger partial charge in [-0.05, 0) is 12.8 Å². The number of carbonyl (C=O) groups is 1. The second kappa shape index (κ2) is 21.6. The van der Waals surface area contributed by atoms with E-state index in [0.717, 1.165) is 38.5 Å². The molecule has 0 radical (unpaired) electrons. The zero-order valence-electron chi connectivity index (χ0n) is 19.3. The molecule has 168 valence electrons. The predicted octanol–water partition coefficient (Wildman–Crippen LogP) is 3.12. The molecule has 0 bridgehead atoms. The van der Waals surface area contributed by atoms with E-state index in [2.05, 4.69) is 13.8 Å². The van der Waals surface area contributed by atoms with Crippen LogP contribution in [0.3, 0.4) is 0 Å². The summed E-state index contributed by atoms with van der Waals surface area (Å²) in [6, 6.07) is 0. The van der Waals surface area contributed by atoms with Gasteiger partial charge in [0.15, 0.2) is 0 Å². The monoisotopic (exact) mass is 442 g/mol. The molecular formula is C22H43NaO5S. The third-order valence-corrected chi connectivity index (χ3v) is 6.30. The summed E-state index contributed by atoms with van der Waals surface area (Å²) in [6.07, 6.45) is 17.5. The Morgan fingerprint density at radius 2 is 1.10 bits per heavy atom. The van der Waals surface area contributed by atoms with Crippen molar-refractivity contribution in [3.63, 3.8) is 0 Å². The van der Waals surface area contributed by atoms with Gasteiger partial charge >= 0.3 is 35.5 Å². The molecule has 1 unspecified atom stereocenters. The van der Waals surface area contributed by atoms with Crippen LogP contribution in [0.1, 0.15) is 123 Å². The summed E-state index contributed by atoms with van der Waals surface area (Å²) in [4.78, 5) is 12.0. The first-order valence-electron chi connectivity index (χ1n) is 11.5. The van der Waals surface area contributed by atoms with Gasteiger partial charge in [0.2, 0.25) is 0 Å². The van der Waals surface area contributed by atoms with Gasteiger partial charge in [-0.25, -0.2) is 8.42 Å². The molecule has 1 atom stereocenters. The van der Waals surface area contributed by atoms with Crippen LogP contribution in [0.25, 0.3) is 0 Å². The van der Waals surface area contributed by atoms with Gasteiger partial charge in [-0.2, -0.15) is 0 Å². The molecule has 0 spiro atoms. The summed E-state index contributed by atoms with van der Waals surface area (Å²) in [5, 5.41) is -1.54. The average molecular weight is 443 g/mol. The Labute approximate surface area is 202 Å². The molecule has 0 saturated heterocycles. The Morgan fingerprint density at radius 1 is 0.724 bits per heavy atom. The van der Waals surface area contributed by atoms with Gasteiger partial charge < -0.3 is 9.29 Å². The van der Waals surface area contributed by atoms with E-state index in [0.29, 0.717) is 6.42 Å². The van der Waals surface area contributed by atoms with Crippen LogP contribution >= 0.6 is 0 Å². The van der Waals surface area contributed by atoms with Gasteiger partial charge in [0, 0.05) is 0 Å². The molecular weight excluding hydrogens is 399 g/mol. The van der Waals surface area contributed by atoms with Gasteiger partial charge in [-0.3, -0.25) is 4.79 Å². The molecule has 0 aliphatic rings. The minimum absolute atomic E-state index is 0. The van der Waals surface area contributed by atoms with Crippen molar-refractivity contribution in [2.45, 2.75) is 128 Å². The number of rotatable bonds is 20. The molecule has 0 rings (SSSR count). The fourth-order valence-corrected chi connectivity index (χ4v) is 4.10. The first kappa shape index (κ1) is 31.6. The molecule has 0 saturated carbocycles. The summed E-state index contributed by atoms with van der Waals surface area (Å²) >= 11 is 0. The zero-order chi connectivity index (χ0) is 21.1. The fraction of sp³-hybridized carbons (Fsp3) is 0.955. The molecule has 29 heavy (non-hydrogen) atoms. The number of ether oxygens (including phenoxy) is 1. The van der Waals surface area contributed by atoms with Crippen LogP contribution < -0.4 is 29.6 Å². The van der Waals surface area contributed by atoms with Gasteiger partial charge in [0.1, 0.15) is 15.4 Å². The largest absolute Gasteiger partial charge is 1.00 e. The SMILES string of the molecule is CCCCCCCCCCOC(=O)C(CCCCCCCCCC)S(=O)(=O)[O-].[Na+]. The van der Waals surface area contributed by atoms with E-state index in [1.54, 1.807) is 0 Å². The van der Waals surface area contributed by atoms with E-state index >= 15 is 0 Å². The summed E-state index contributed by atoms with van der Waals surface area (Å²) in [7, 11) is -4.65. The van der Waals surface area contributed by atoms with Crippen LogP contribution in [0.4, 0.5) is 0 Å². The second-order valence-corrected chi connectivity index (χ2v) is 9.44. The maximum atomic E-state index is 12.0. The predicted molar refractivity (Wildman–Crippen MR) is 114 cm³/mol. The van der Waals surface area contributed by atoms with Crippen molar-refractivity contribution in [1.29, 1.82) is 0 Å². The zero-order valence-corrected chi connectivity index (χ0v) is 22.1. The van der Waals surface area contributed by atoms with Gasteiger partial charge in [-0.15, -0.1) is 0 Å². The summed E-state index contributed by atoms with van der Waals surface area (Å²) < 4.78 is 39.3. The third-order valence-electron chi connectivity index (χ3n) is 5.17. The summed E-state index contributed by atoms with van der Waals surface area (Å²) in [5.41, 5.74) is 0. The number of unbranched alkanes of at least 4 members (excludes halogenated alkanes) is 14. The first-order chi connectivity index (χ1) is 13.4. The minimum Gasteiger partial charge on any atom is -0.747 e. The van der Waals surface area contributed by atoms with E-state index in [4.69, 9.17) is 4.74 Å². The normalized spacial score (nSPS) is 12.4. The minimum atomic E-state index is -4.65. The maximum Gasteiger partial charge on any atom is 1.00 e. The second-order valence-electron chi connectivity index (χ2n) is 7.89. The van der Waals surface area contributed by atoms with Gasteiger partial charge in [-0.1, -0.05) is 110 Å². The van der Waals surface area contributed by atoms with Crippen molar-refractivity contribution >= 4 is 16.1 Å². The van der Waals surface area contributed by atoms with Crippen molar-refractivity contribution in [3.8, 4) is 0 Å². The molecule has 7 heteroatoms. The van der Waals surface area contributed by atoms with Crippen LogP contribution in [0.15, 0.2) is 0 Å². The molecule has 0 aromatic heterocycles. The average Bonchev–Trinajstić information content (AvgIpc) is 2.64. The Hall–Kier alpha value is 0.380. The number of hydrogen-bond acceptors (Lipinski definition) is 5. The maximum absolute atomic E-state index is 12.0. The Bertz CT molecular complexity index is 468. The van der Waals surface area contributed by atoms with Crippen molar-refractivity contribution in [2.24, 2.45) is 0 Å². The number of esters is 1. The van der Waals surface area contributed by atoms with Crippen LogP contribution in [0.2, 0.25) is 0 Å². The van der Waals surface area contributed by atoms with Crippen molar-refractivity contribution in [3.05, 3.63) is 0 Å². The van der Waals surface area contributed by atoms with Crippen molar-refractivity contribution in [2.75, 3.05) is 6.61 Å². The van der Waals surface area contributed by atoms with Crippen LogP contribution in [0.5, 0.6) is 0 Å². The molecule has 0 fully saturated rings. The van der Waals surface area contributed by atoms with Gasteiger partial charge in [0.25, 0.3) is 0 Å². The molecule has 0 aromatic carbocycles. The molecule has 0 heterocycles. The van der Waals surface area contributed by atoms with E-state index in [1.165, 1.54) is 57.8 Å². The molecule has 5 nitrogen and oxygen atoms in total. The Kier molecular flexibility index (Phi) is 23.5. The molecule has 0 aliphatic heterocycles. The molecule has 0 aromatic rings. The smallest absolute Gasteiger partial charge is 0.747 e. The van der Waals surface area contributed by atoms with E-state index in [9.17, 15) is 17.8 Å². The standard InChI is InChI=1S/C22H44O5S.Na/c1-3-5-7-9-11-13-15-17-19-21(28(24,25)26)22(23)27-20-18-16-14-12-10-8-6-4-2;/h21H,3-20H2,1-2H3,(H,24,25,26);/q;+1/p-1. The molecule has 0 aliphatic carbocycles. The summed E-state index contributed by atoms with van der Waals surface area (Å²) in [6.45, 7) is 4.58. The van der Waals surface area contributed by atoms with Gasteiger partial charge in [0.05, 0.1) is 6.61 Å². The Morgan fingerprint density at radius 3 is 1.52 bits per heavy atom. The molecule has 0 amide bonds. The van der Waals surface area contributed by atoms with Crippen molar-refractivity contribution < 1.29 is 52.1 Å². The third kappa shape index (κ3) is 20.1. The van der Waals surface area contributed by atoms with E-state index in [1.807, 2.05) is 0 Å². The Balaban J connectivity index is 0. The summed E-state index contributed by atoms with van der Waals surface area (Å²) in [5.74, 6) is -0.860.